The van der Waals surface area contributed by atoms with Gasteiger partial charge in [0.05, 0.1) is 25.4 Å². The number of unbranched alkanes of at least 4 members (excludes halogenated alkanes) is 51. The molecule has 0 saturated heterocycles. The Kier molecular flexibility index (Phi) is 65.9. The molecule has 6 heteroatoms. The summed E-state index contributed by atoms with van der Waals surface area (Å²) in [6.07, 6.45) is 86.4. The van der Waals surface area contributed by atoms with Gasteiger partial charge in [0, 0.05) is 12.8 Å². The van der Waals surface area contributed by atoms with E-state index in [1.54, 1.807) is 6.08 Å². The number of carbonyl (C=O) groups is 2. The van der Waals surface area contributed by atoms with E-state index >= 15 is 0 Å². The van der Waals surface area contributed by atoms with Crippen LogP contribution in [0, 0.1) is 0 Å². The molecular formula is C72H137NO5. The van der Waals surface area contributed by atoms with E-state index in [9.17, 15) is 19.8 Å². The van der Waals surface area contributed by atoms with Crippen molar-refractivity contribution in [1.29, 1.82) is 0 Å². The number of allylic oxidation sites excluding steroid dienone is 5. The number of nitrogens with one attached hydrogen (secondary N) is 1. The molecule has 0 bridgehead atoms. The minimum Gasteiger partial charge on any atom is -0.466 e. The third kappa shape index (κ3) is 63.3. The van der Waals surface area contributed by atoms with E-state index in [1.165, 1.54) is 308 Å². The number of hydrogen-bond acceptors (Lipinski definition) is 5. The summed E-state index contributed by atoms with van der Waals surface area (Å²) >= 11 is 0. The average molecular weight is 1100 g/mol. The Morgan fingerprint density at radius 3 is 0.987 bits per heavy atom. The Hall–Kier alpha value is -1.92. The van der Waals surface area contributed by atoms with Crippen molar-refractivity contribution < 1.29 is 24.5 Å². The van der Waals surface area contributed by atoms with Gasteiger partial charge in [-0.15, -0.1) is 0 Å². The van der Waals surface area contributed by atoms with Gasteiger partial charge in [0.1, 0.15) is 0 Å². The molecule has 6 nitrogen and oxygen atoms in total. The lowest BCUT2D eigenvalue weighted by Gasteiger charge is -2.20. The molecule has 460 valence electrons. The van der Waals surface area contributed by atoms with E-state index in [1.807, 2.05) is 6.08 Å². The van der Waals surface area contributed by atoms with Gasteiger partial charge in [-0.05, 0) is 64.2 Å². The van der Waals surface area contributed by atoms with Crippen LogP contribution in [0.3, 0.4) is 0 Å². The molecule has 2 unspecified atom stereocenters. The highest BCUT2D eigenvalue weighted by Crippen LogP contribution is 2.19. The van der Waals surface area contributed by atoms with Gasteiger partial charge in [-0.25, -0.2) is 0 Å². The second-order valence-corrected chi connectivity index (χ2v) is 24.2. The zero-order chi connectivity index (χ0) is 56.4. The summed E-state index contributed by atoms with van der Waals surface area (Å²) in [5.74, 6) is -0.0628. The van der Waals surface area contributed by atoms with Crippen molar-refractivity contribution in [3.05, 3.63) is 36.5 Å². The van der Waals surface area contributed by atoms with Crippen LogP contribution in [0.15, 0.2) is 36.5 Å². The Bertz CT molecular complexity index is 1260. The van der Waals surface area contributed by atoms with Gasteiger partial charge in [0.25, 0.3) is 0 Å². The number of hydrogen-bond donors (Lipinski definition) is 3. The van der Waals surface area contributed by atoms with Crippen LogP contribution in [0.5, 0.6) is 0 Å². The molecule has 0 saturated carbocycles. The third-order valence-corrected chi connectivity index (χ3v) is 16.4. The quantitative estimate of drug-likeness (QED) is 0.0320. The molecule has 2 atom stereocenters. The summed E-state index contributed by atoms with van der Waals surface area (Å²) in [6, 6.07) is -0.631. The molecule has 0 aliphatic carbocycles. The zero-order valence-corrected chi connectivity index (χ0v) is 52.7. The molecule has 78 heavy (non-hydrogen) atoms. The topological polar surface area (TPSA) is 95.9 Å². The monoisotopic (exact) mass is 1100 g/mol. The molecule has 0 heterocycles. The predicted molar refractivity (Wildman–Crippen MR) is 343 cm³/mol. The lowest BCUT2D eigenvalue weighted by Crippen LogP contribution is -2.45. The predicted octanol–water partition coefficient (Wildman–Crippen LogP) is 22.7. The number of rotatable bonds is 66. The standard InChI is InChI=1S/C72H137NO5/c1-3-5-7-9-11-13-15-17-19-21-23-24-25-26-29-32-36-40-44-48-52-56-60-64-70(75)69(68-74)73-71(76)65-61-57-53-49-45-41-37-33-30-27-28-31-35-39-43-47-51-55-59-63-67-78-72(77)66-62-58-54-50-46-42-38-34-22-20-18-16-14-12-10-8-6-4-2/h14,16,20,22,60,64,69-70,74-75H,3-13,15,17-19,21,23-59,61-63,65-68H2,1-2H3,(H,73,76)/b16-14-,22-20-,64-60+. The molecule has 0 rings (SSSR count). The summed E-state index contributed by atoms with van der Waals surface area (Å²) in [7, 11) is 0. The number of aliphatic hydroxyl groups is 2. The lowest BCUT2D eigenvalue weighted by molar-refractivity contribution is -0.143. The van der Waals surface area contributed by atoms with E-state index in [0.29, 0.717) is 19.4 Å². The van der Waals surface area contributed by atoms with E-state index < -0.39 is 12.1 Å². The SMILES string of the molecule is CCCCCC/C=C\C/C=C\CCCCCCCCCC(=O)OCCCCCCCCCCCCCCCCCCCCCCC(=O)NC(CO)C(O)/C=C/CCCCCCCCCCCCCCCCCCCCCCC. The average Bonchev–Trinajstić information content (AvgIpc) is 3.44. The van der Waals surface area contributed by atoms with Crippen molar-refractivity contribution in [2.24, 2.45) is 0 Å². The Morgan fingerprint density at radius 1 is 0.359 bits per heavy atom. The van der Waals surface area contributed by atoms with Crippen LogP contribution in [0.2, 0.25) is 0 Å². The molecule has 0 aliphatic heterocycles. The van der Waals surface area contributed by atoms with Crippen LogP contribution < -0.4 is 5.32 Å². The van der Waals surface area contributed by atoms with Crippen molar-refractivity contribution in [1.82, 2.24) is 5.32 Å². The second-order valence-electron chi connectivity index (χ2n) is 24.2. The van der Waals surface area contributed by atoms with Gasteiger partial charge in [-0.2, -0.15) is 0 Å². The van der Waals surface area contributed by atoms with Gasteiger partial charge in [-0.1, -0.05) is 346 Å². The summed E-state index contributed by atoms with van der Waals surface area (Å²) in [5, 5.41) is 23.3. The fourth-order valence-electron chi connectivity index (χ4n) is 11.0. The van der Waals surface area contributed by atoms with Gasteiger partial charge >= 0.3 is 5.97 Å². The number of amides is 1. The van der Waals surface area contributed by atoms with Crippen LogP contribution in [0.25, 0.3) is 0 Å². The van der Waals surface area contributed by atoms with E-state index in [0.717, 1.165) is 51.4 Å². The minimum atomic E-state index is -0.848. The molecule has 0 aromatic carbocycles. The first-order valence-corrected chi connectivity index (χ1v) is 35.3. The van der Waals surface area contributed by atoms with Crippen LogP contribution in [0.4, 0.5) is 0 Å². The smallest absolute Gasteiger partial charge is 0.305 e. The summed E-state index contributed by atoms with van der Waals surface area (Å²) in [4.78, 5) is 24.6. The Morgan fingerprint density at radius 2 is 0.641 bits per heavy atom. The van der Waals surface area contributed by atoms with E-state index in [2.05, 4.69) is 43.5 Å². The molecule has 0 spiro atoms. The maximum absolute atomic E-state index is 12.5. The van der Waals surface area contributed by atoms with Gasteiger partial charge in [0.2, 0.25) is 5.91 Å². The highest BCUT2D eigenvalue weighted by atomic mass is 16.5. The first-order valence-electron chi connectivity index (χ1n) is 35.3. The van der Waals surface area contributed by atoms with Crippen LogP contribution in [0.1, 0.15) is 386 Å². The van der Waals surface area contributed by atoms with Gasteiger partial charge in [0.15, 0.2) is 0 Å². The maximum atomic E-state index is 12.5. The minimum absolute atomic E-state index is 0.00332. The lowest BCUT2D eigenvalue weighted by atomic mass is 10.0. The van der Waals surface area contributed by atoms with Crippen molar-refractivity contribution in [3.8, 4) is 0 Å². The molecule has 3 N–H and O–H groups in total. The van der Waals surface area contributed by atoms with Crippen LogP contribution >= 0.6 is 0 Å². The molecule has 0 aliphatic rings. The van der Waals surface area contributed by atoms with Crippen molar-refractivity contribution >= 4 is 11.9 Å². The number of carbonyl (C=O) groups excluding carboxylic acids is 2. The second kappa shape index (κ2) is 67.6. The van der Waals surface area contributed by atoms with E-state index in [4.69, 9.17) is 4.74 Å². The largest absolute Gasteiger partial charge is 0.466 e. The molecule has 0 radical (unpaired) electrons. The maximum Gasteiger partial charge on any atom is 0.305 e. The van der Waals surface area contributed by atoms with Gasteiger partial charge in [-0.3, -0.25) is 9.59 Å². The molecule has 0 aromatic rings. The fourth-order valence-corrected chi connectivity index (χ4v) is 11.0. The number of aliphatic hydroxyl groups excluding tert-OH is 2. The van der Waals surface area contributed by atoms with Crippen molar-refractivity contribution in [2.75, 3.05) is 13.2 Å². The first-order chi connectivity index (χ1) is 38.5. The fraction of sp³-hybridized carbons (Fsp3) is 0.889. The highest BCUT2D eigenvalue weighted by Gasteiger charge is 2.18. The third-order valence-electron chi connectivity index (χ3n) is 16.4. The zero-order valence-electron chi connectivity index (χ0n) is 52.7. The molecule has 1 amide bonds. The number of ether oxygens (including phenoxy) is 1. The summed E-state index contributed by atoms with van der Waals surface area (Å²) in [6.45, 7) is 4.91. The highest BCUT2D eigenvalue weighted by molar-refractivity contribution is 5.76. The Balaban J connectivity index is 3.42. The number of esters is 1. The van der Waals surface area contributed by atoms with Crippen LogP contribution in [-0.4, -0.2) is 47.4 Å². The van der Waals surface area contributed by atoms with Crippen LogP contribution in [-0.2, 0) is 14.3 Å². The summed E-state index contributed by atoms with van der Waals surface area (Å²) < 4.78 is 5.50. The molecule has 0 fully saturated rings. The summed E-state index contributed by atoms with van der Waals surface area (Å²) in [5.41, 5.74) is 0. The first kappa shape index (κ1) is 76.1. The van der Waals surface area contributed by atoms with Crippen molar-refractivity contribution in [3.63, 3.8) is 0 Å². The molecular weight excluding hydrogens is 959 g/mol. The van der Waals surface area contributed by atoms with Crippen molar-refractivity contribution in [2.45, 2.75) is 398 Å². The van der Waals surface area contributed by atoms with Gasteiger partial charge < -0.3 is 20.3 Å². The normalized spacial score (nSPS) is 12.7. The Labute approximate surface area is 487 Å². The molecule has 0 aromatic heterocycles. The van der Waals surface area contributed by atoms with E-state index in [-0.39, 0.29) is 18.5 Å².